The maximum absolute atomic E-state index is 12.4. The summed E-state index contributed by atoms with van der Waals surface area (Å²) in [5, 5.41) is 7.87. The molecule has 0 spiro atoms. The van der Waals surface area contributed by atoms with Gasteiger partial charge in [-0.25, -0.2) is 0 Å². The second kappa shape index (κ2) is 9.14. The van der Waals surface area contributed by atoms with Gasteiger partial charge in [-0.05, 0) is 29.6 Å². The molecule has 0 radical (unpaired) electrons. The summed E-state index contributed by atoms with van der Waals surface area (Å²) in [4.78, 5) is 27.4. The molecule has 3 rings (SSSR count). The summed E-state index contributed by atoms with van der Waals surface area (Å²) >= 11 is 7.49. The third-order valence-corrected chi connectivity index (χ3v) is 5.24. The Kier molecular flexibility index (Phi) is 6.62. The van der Waals surface area contributed by atoms with E-state index in [1.54, 1.807) is 30.3 Å². The molecule has 2 N–H and O–H groups in total. The van der Waals surface area contributed by atoms with Crippen LogP contribution in [0.25, 0.3) is 0 Å². The summed E-state index contributed by atoms with van der Waals surface area (Å²) in [5.41, 5.74) is 0.878. The van der Waals surface area contributed by atoms with E-state index >= 15 is 0 Å². The van der Waals surface area contributed by atoms with E-state index in [0.29, 0.717) is 27.7 Å². The van der Waals surface area contributed by atoms with Gasteiger partial charge in [0.05, 0.1) is 28.8 Å². The average Bonchev–Trinajstić information content (AvgIpc) is 3.19. The number of nitrogens with zero attached hydrogens (tertiary/aromatic N) is 1. The van der Waals surface area contributed by atoms with Crippen molar-refractivity contribution in [3.63, 3.8) is 0 Å². The minimum atomic E-state index is -0.244. The number of carbonyl (C=O) groups excluding carboxylic acids is 2. The van der Waals surface area contributed by atoms with E-state index < -0.39 is 0 Å². The van der Waals surface area contributed by atoms with Crippen molar-refractivity contribution in [3.8, 4) is 0 Å². The molecular weight excluding hydrogens is 374 g/mol. The zero-order valence-corrected chi connectivity index (χ0v) is 15.7. The minimum absolute atomic E-state index is 0.193. The van der Waals surface area contributed by atoms with Crippen LogP contribution < -0.4 is 10.6 Å². The molecule has 2 aromatic rings. The highest BCUT2D eigenvalue weighted by Crippen LogP contribution is 2.24. The minimum Gasteiger partial charge on any atom is -0.379 e. The van der Waals surface area contributed by atoms with Gasteiger partial charge in [0.2, 0.25) is 0 Å². The van der Waals surface area contributed by atoms with Gasteiger partial charge in [0, 0.05) is 31.7 Å². The van der Waals surface area contributed by atoms with Crippen LogP contribution in [0.5, 0.6) is 0 Å². The third kappa shape index (κ3) is 5.04. The van der Waals surface area contributed by atoms with E-state index in [9.17, 15) is 9.59 Å². The second-order valence-corrected chi connectivity index (χ2v) is 7.19. The van der Waals surface area contributed by atoms with Crippen molar-refractivity contribution in [1.29, 1.82) is 0 Å². The molecule has 1 aromatic heterocycles. The van der Waals surface area contributed by atoms with E-state index in [0.717, 1.165) is 32.8 Å². The maximum Gasteiger partial charge on any atom is 0.265 e. The first-order chi connectivity index (χ1) is 12.6. The summed E-state index contributed by atoms with van der Waals surface area (Å²) in [5.74, 6) is -0.437. The first kappa shape index (κ1) is 18.8. The zero-order chi connectivity index (χ0) is 18.4. The SMILES string of the molecule is O=C(NCCN1CCOCC1)c1ccc(Cl)c(NC(=O)c2cccs2)c1. The molecule has 1 aromatic carbocycles. The van der Waals surface area contributed by atoms with Crippen LogP contribution in [0.4, 0.5) is 5.69 Å². The molecule has 0 saturated carbocycles. The van der Waals surface area contributed by atoms with Crippen molar-refractivity contribution >= 4 is 40.4 Å². The van der Waals surface area contributed by atoms with E-state index in [1.165, 1.54) is 11.3 Å². The van der Waals surface area contributed by atoms with E-state index in [-0.39, 0.29) is 11.8 Å². The number of benzene rings is 1. The van der Waals surface area contributed by atoms with Gasteiger partial charge in [-0.1, -0.05) is 17.7 Å². The van der Waals surface area contributed by atoms with Gasteiger partial charge < -0.3 is 15.4 Å². The van der Waals surface area contributed by atoms with E-state index in [4.69, 9.17) is 16.3 Å². The van der Waals surface area contributed by atoms with Crippen molar-refractivity contribution in [2.45, 2.75) is 0 Å². The number of morpholine rings is 1. The number of nitrogens with one attached hydrogen (secondary N) is 2. The largest absolute Gasteiger partial charge is 0.379 e. The van der Waals surface area contributed by atoms with E-state index in [2.05, 4.69) is 15.5 Å². The molecule has 1 saturated heterocycles. The Morgan fingerprint density at radius 2 is 2.00 bits per heavy atom. The molecule has 1 fully saturated rings. The lowest BCUT2D eigenvalue weighted by Gasteiger charge is -2.26. The molecule has 8 heteroatoms. The first-order valence-corrected chi connectivity index (χ1v) is 9.62. The van der Waals surface area contributed by atoms with Gasteiger partial charge in [0.15, 0.2) is 0 Å². The Hall–Kier alpha value is -1.93. The normalized spacial score (nSPS) is 14.8. The number of anilines is 1. The number of ether oxygens (including phenoxy) is 1. The monoisotopic (exact) mass is 393 g/mol. The van der Waals surface area contributed by atoms with Crippen molar-refractivity contribution in [3.05, 3.63) is 51.2 Å². The Balaban J connectivity index is 1.57. The number of carbonyl (C=O) groups is 2. The number of rotatable bonds is 6. The molecule has 0 aliphatic carbocycles. The number of amides is 2. The van der Waals surface area contributed by atoms with Gasteiger partial charge in [-0.3, -0.25) is 14.5 Å². The predicted octanol–water partition coefficient (Wildman–Crippen LogP) is 2.72. The summed E-state index contributed by atoms with van der Waals surface area (Å²) in [6.45, 7) is 4.57. The fraction of sp³-hybridized carbons (Fsp3) is 0.333. The van der Waals surface area contributed by atoms with Crippen LogP contribution in [-0.4, -0.2) is 56.1 Å². The Bertz CT molecular complexity index is 761. The van der Waals surface area contributed by atoms with Gasteiger partial charge in [0.1, 0.15) is 0 Å². The highest BCUT2D eigenvalue weighted by Gasteiger charge is 2.14. The average molecular weight is 394 g/mol. The number of hydrogen-bond donors (Lipinski definition) is 2. The lowest BCUT2D eigenvalue weighted by Crippen LogP contribution is -2.41. The maximum atomic E-state index is 12.4. The summed E-state index contributed by atoms with van der Waals surface area (Å²) in [7, 11) is 0. The number of halogens is 1. The zero-order valence-electron chi connectivity index (χ0n) is 14.2. The number of hydrogen-bond acceptors (Lipinski definition) is 5. The molecule has 2 heterocycles. The Morgan fingerprint density at radius 1 is 1.19 bits per heavy atom. The van der Waals surface area contributed by atoms with Crippen molar-refractivity contribution < 1.29 is 14.3 Å². The molecule has 138 valence electrons. The van der Waals surface area contributed by atoms with Gasteiger partial charge >= 0.3 is 0 Å². The highest BCUT2D eigenvalue weighted by molar-refractivity contribution is 7.12. The van der Waals surface area contributed by atoms with Crippen LogP contribution in [0.3, 0.4) is 0 Å². The fourth-order valence-corrected chi connectivity index (χ4v) is 3.39. The summed E-state index contributed by atoms with van der Waals surface area (Å²) < 4.78 is 5.30. The second-order valence-electron chi connectivity index (χ2n) is 5.84. The molecule has 0 atom stereocenters. The molecule has 1 aliphatic rings. The lowest BCUT2D eigenvalue weighted by atomic mass is 10.2. The standard InChI is InChI=1S/C18H20ClN3O3S/c19-14-4-3-13(12-15(14)21-18(24)16-2-1-11-26-16)17(23)20-5-6-22-7-9-25-10-8-22/h1-4,11-12H,5-10H2,(H,20,23)(H,21,24). The van der Waals surface area contributed by atoms with Crippen LogP contribution in [0.1, 0.15) is 20.0 Å². The fourth-order valence-electron chi connectivity index (χ4n) is 2.61. The van der Waals surface area contributed by atoms with Crippen molar-refractivity contribution in [2.24, 2.45) is 0 Å². The van der Waals surface area contributed by atoms with Crippen LogP contribution in [0.15, 0.2) is 35.7 Å². The predicted molar refractivity (Wildman–Crippen MR) is 103 cm³/mol. The van der Waals surface area contributed by atoms with Crippen LogP contribution in [0, 0.1) is 0 Å². The smallest absolute Gasteiger partial charge is 0.265 e. The first-order valence-electron chi connectivity index (χ1n) is 8.36. The molecule has 26 heavy (non-hydrogen) atoms. The Labute approximate surface area is 161 Å². The molecular formula is C18H20ClN3O3S. The summed E-state index contributed by atoms with van der Waals surface area (Å²) in [6, 6.07) is 8.39. The molecule has 1 aliphatic heterocycles. The number of thiophene rings is 1. The summed E-state index contributed by atoms with van der Waals surface area (Å²) in [6.07, 6.45) is 0. The highest BCUT2D eigenvalue weighted by atomic mass is 35.5. The van der Waals surface area contributed by atoms with Crippen LogP contribution in [-0.2, 0) is 4.74 Å². The van der Waals surface area contributed by atoms with Crippen LogP contribution >= 0.6 is 22.9 Å². The molecule has 0 unspecified atom stereocenters. The molecule has 6 nitrogen and oxygen atoms in total. The molecule has 2 amide bonds. The van der Waals surface area contributed by atoms with Gasteiger partial charge in [0.25, 0.3) is 11.8 Å². The van der Waals surface area contributed by atoms with E-state index in [1.807, 2.05) is 5.38 Å². The van der Waals surface area contributed by atoms with Crippen molar-refractivity contribution in [1.82, 2.24) is 10.2 Å². The lowest BCUT2D eigenvalue weighted by molar-refractivity contribution is 0.0383. The topological polar surface area (TPSA) is 70.7 Å². The van der Waals surface area contributed by atoms with Crippen LogP contribution in [0.2, 0.25) is 5.02 Å². The van der Waals surface area contributed by atoms with Gasteiger partial charge in [-0.15, -0.1) is 11.3 Å². The van der Waals surface area contributed by atoms with Gasteiger partial charge in [-0.2, -0.15) is 0 Å². The third-order valence-electron chi connectivity index (χ3n) is 4.04. The Morgan fingerprint density at radius 3 is 2.73 bits per heavy atom. The quantitative estimate of drug-likeness (QED) is 0.791. The molecule has 0 bridgehead atoms. The van der Waals surface area contributed by atoms with Crippen molar-refractivity contribution in [2.75, 3.05) is 44.7 Å².